The minimum absolute atomic E-state index is 0.175. The van der Waals surface area contributed by atoms with E-state index in [1.165, 1.54) is 19.3 Å². The Kier molecular flexibility index (Phi) is 4.00. The van der Waals surface area contributed by atoms with Crippen molar-refractivity contribution in [3.05, 3.63) is 0 Å². The highest BCUT2D eigenvalue weighted by molar-refractivity contribution is 5.82. The van der Waals surface area contributed by atoms with Crippen molar-refractivity contribution in [2.45, 2.75) is 58.5 Å². The van der Waals surface area contributed by atoms with Gasteiger partial charge in [0.1, 0.15) is 0 Å². The summed E-state index contributed by atoms with van der Waals surface area (Å²) < 4.78 is 0. The topological polar surface area (TPSA) is 49.3 Å². The molecule has 2 N–H and O–H groups in total. The molecule has 0 radical (unpaired) electrons. The quantitative estimate of drug-likeness (QED) is 0.763. The highest BCUT2D eigenvalue weighted by atomic mass is 16.3. The highest BCUT2D eigenvalue weighted by Crippen LogP contribution is 2.57. The van der Waals surface area contributed by atoms with Crippen molar-refractivity contribution in [2.24, 2.45) is 23.7 Å². The second-order valence-electron chi connectivity index (χ2n) is 6.93. The van der Waals surface area contributed by atoms with E-state index in [4.69, 9.17) is 0 Å². The molecule has 3 nitrogen and oxygen atoms in total. The summed E-state index contributed by atoms with van der Waals surface area (Å²) in [6.45, 7) is 6.53. The SMILES string of the molecule is CC(C)CCC(C)(O)CNC(=O)C1C2CCCC21. The molecule has 18 heavy (non-hydrogen) atoms. The van der Waals surface area contributed by atoms with Gasteiger partial charge in [-0.05, 0) is 50.4 Å². The van der Waals surface area contributed by atoms with E-state index in [-0.39, 0.29) is 11.8 Å². The van der Waals surface area contributed by atoms with Crippen molar-refractivity contribution in [3.63, 3.8) is 0 Å². The lowest BCUT2D eigenvalue weighted by Crippen LogP contribution is -2.41. The number of carbonyl (C=O) groups is 1. The molecule has 0 aliphatic heterocycles. The van der Waals surface area contributed by atoms with Crippen LogP contribution >= 0.6 is 0 Å². The minimum Gasteiger partial charge on any atom is -0.388 e. The van der Waals surface area contributed by atoms with Crippen LogP contribution in [-0.4, -0.2) is 23.2 Å². The maximum atomic E-state index is 12.0. The van der Waals surface area contributed by atoms with E-state index in [2.05, 4.69) is 19.2 Å². The lowest BCUT2D eigenvalue weighted by Gasteiger charge is -2.24. The fourth-order valence-electron chi connectivity index (χ4n) is 3.29. The summed E-state index contributed by atoms with van der Waals surface area (Å²) in [6, 6.07) is 0. The van der Waals surface area contributed by atoms with Gasteiger partial charge in [0.2, 0.25) is 5.91 Å². The highest BCUT2D eigenvalue weighted by Gasteiger charge is 2.56. The molecule has 0 bridgehead atoms. The fraction of sp³-hybridized carbons (Fsp3) is 0.933. The molecule has 0 aromatic carbocycles. The lowest BCUT2D eigenvalue weighted by atomic mass is 9.95. The molecule has 0 heterocycles. The molecule has 2 rings (SSSR count). The maximum Gasteiger partial charge on any atom is 0.223 e. The van der Waals surface area contributed by atoms with Crippen molar-refractivity contribution < 1.29 is 9.90 Å². The minimum atomic E-state index is -0.760. The van der Waals surface area contributed by atoms with Gasteiger partial charge in [0, 0.05) is 12.5 Å². The third-order valence-corrected chi connectivity index (χ3v) is 4.61. The van der Waals surface area contributed by atoms with Crippen LogP contribution in [0.4, 0.5) is 0 Å². The first-order chi connectivity index (χ1) is 8.41. The van der Waals surface area contributed by atoms with Gasteiger partial charge in [0.25, 0.3) is 0 Å². The van der Waals surface area contributed by atoms with Crippen molar-refractivity contribution >= 4 is 5.91 Å². The molecular weight excluding hydrogens is 226 g/mol. The van der Waals surface area contributed by atoms with Gasteiger partial charge < -0.3 is 10.4 Å². The Morgan fingerprint density at radius 3 is 2.56 bits per heavy atom. The second-order valence-corrected chi connectivity index (χ2v) is 6.93. The van der Waals surface area contributed by atoms with Gasteiger partial charge in [0.15, 0.2) is 0 Å². The van der Waals surface area contributed by atoms with Crippen molar-refractivity contribution in [1.82, 2.24) is 5.32 Å². The molecule has 0 aromatic rings. The van der Waals surface area contributed by atoms with Gasteiger partial charge in [-0.25, -0.2) is 0 Å². The van der Waals surface area contributed by atoms with Crippen molar-refractivity contribution in [3.8, 4) is 0 Å². The van der Waals surface area contributed by atoms with Crippen LogP contribution in [0.3, 0.4) is 0 Å². The molecule has 2 aliphatic rings. The van der Waals surface area contributed by atoms with Crippen LogP contribution in [0, 0.1) is 23.7 Å². The Hall–Kier alpha value is -0.570. The smallest absolute Gasteiger partial charge is 0.223 e. The molecular formula is C15H27NO2. The Morgan fingerprint density at radius 1 is 1.39 bits per heavy atom. The summed E-state index contributed by atoms with van der Waals surface area (Å²) in [6.07, 6.45) is 5.50. The predicted octanol–water partition coefficient (Wildman–Crippen LogP) is 2.34. The Balaban J connectivity index is 1.69. The third kappa shape index (κ3) is 3.25. The average Bonchev–Trinajstić information content (AvgIpc) is 2.77. The largest absolute Gasteiger partial charge is 0.388 e. The number of aliphatic hydroxyl groups is 1. The van der Waals surface area contributed by atoms with Crippen molar-refractivity contribution in [2.75, 3.05) is 6.54 Å². The van der Waals surface area contributed by atoms with E-state index in [0.29, 0.717) is 24.3 Å². The maximum absolute atomic E-state index is 12.0. The third-order valence-electron chi connectivity index (χ3n) is 4.61. The summed E-state index contributed by atoms with van der Waals surface area (Å²) >= 11 is 0. The molecule has 0 saturated heterocycles. The van der Waals surface area contributed by atoms with Crippen LogP contribution in [0.25, 0.3) is 0 Å². The van der Waals surface area contributed by atoms with E-state index in [1.54, 1.807) is 0 Å². The van der Waals surface area contributed by atoms with Gasteiger partial charge in [-0.1, -0.05) is 20.3 Å². The van der Waals surface area contributed by atoms with Crippen LogP contribution < -0.4 is 5.32 Å². The first kappa shape index (κ1) is 13.9. The Bertz CT molecular complexity index is 302. The molecule has 104 valence electrons. The first-order valence-electron chi connectivity index (χ1n) is 7.41. The van der Waals surface area contributed by atoms with Crippen molar-refractivity contribution in [1.29, 1.82) is 0 Å². The lowest BCUT2D eigenvalue weighted by molar-refractivity contribution is -0.124. The average molecular weight is 253 g/mol. The number of nitrogens with one attached hydrogen (secondary N) is 1. The summed E-state index contributed by atoms with van der Waals surface area (Å²) in [5.74, 6) is 2.35. The molecule has 3 heteroatoms. The zero-order valence-corrected chi connectivity index (χ0v) is 11.9. The number of amides is 1. The number of fused-ring (bicyclic) bond motifs is 1. The van der Waals surface area contributed by atoms with Crippen LogP contribution in [0.2, 0.25) is 0 Å². The van der Waals surface area contributed by atoms with Gasteiger partial charge in [-0.3, -0.25) is 4.79 Å². The van der Waals surface area contributed by atoms with Gasteiger partial charge in [0.05, 0.1) is 5.60 Å². The van der Waals surface area contributed by atoms with Gasteiger partial charge >= 0.3 is 0 Å². The molecule has 2 aliphatic carbocycles. The standard InChI is InChI=1S/C15H27NO2/c1-10(2)7-8-15(3,18)9-16-14(17)13-11-5-4-6-12(11)13/h10-13,18H,4-9H2,1-3H3,(H,16,17). The summed E-state index contributed by atoms with van der Waals surface area (Å²) in [5, 5.41) is 13.2. The van der Waals surface area contributed by atoms with E-state index in [1.807, 2.05) is 6.92 Å². The summed E-state index contributed by atoms with van der Waals surface area (Å²) in [5.41, 5.74) is -0.760. The second kappa shape index (κ2) is 5.20. The normalized spacial score (nSPS) is 33.1. The molecule has 1 amide bonds. The molecule has 3 atom stereocenters. The number of hydrogen-bond acceptors (Lipinski definition) is 2. The zero-order valence-electron chi connectivity index (χ0n) is 11.9. The molecule has 3 unspecified atom stereocenters. The molecule has 2 fully saturated rings. The van der Waals surface area contributed by atoms with Gasteiger partial charge in [-0.2, -0.15) is 0 Å². The van der Waals surface area contributed by atoms with E-state index >= 15 is 0 Å². The summed E-state index contributed by atoms with van der Waals surface area (Å²) in [7, 11) is 0. The number of carbonyl (C=O) groups excluding carboxylic acids is 1. The zero-order chi connectivity index (χ0) is 13.3. The Morgan fingerprint density at radius 2 is 2.00 bits per heavy atom. The van der Waals surface area contributed by atoms with E-state index < -0.39 is 5.60 Å². The summed E-state index contributed by atoms with van der Waals surface area (Å²) in [4.78, 5) is 12.0. The number of hydrogen-bond donors (Lipinski definition) is 2. The monoisotopic (exact) mass is 253 g/mol. The molecule has 0 aromatic heterocycles. The molecule has 0 spiro atoms. The fourth-order valence-corrected chi connectivity index (χ4v) is 3.29. The predicted molar refractivity (Wildman–Crippen MR) is 72.0 cm³/mol. The number of rotatable bonds is 6. The van der Waals surface area contributed by atoms with Crippen LogP contribution in [0.15, 0.2) is 0 Å². The van der Waals surface area contributed by atoms with Crippen LogP contribution in [0.1, 0.15) is 52.9 Å². The molecule has 2 saturated carbocycles. The Labute approximate surface area is 110 Å². The first-order valence-corrected chi connectivity index (χ1v) is 7.41. The van der Waals surface area contributed by atoms with E-state index in [0.717, 1.165) is 12.8 Å². The van der Waals surface area contributed by atoms with Crippen LogP contribution in [0.5, 0.6) is 0 Å². The van der Waals surface area contributed by atoms with Crippen LogP contribution in [-0.2, 0) is 4.79 Å². The van der Waals surface area contributed by atoms with Gasteiger partial charge in [-0.15, -0.1) is 0 Å². The van der Waals surface area contributed by atoms with E-state index in [9.17, 15) is 9.90 Å².